The maximum absolute atomic E-state index is 10.9. The third kappa shape index (κ3) is 5.44. The van der Waals surface area contributed by atoms with Crippen LogP contribution in [0.25, 0.3) is 0 Å². The number of amides is 1. The van der Waals surface area contributed by atoms with Gasteiger partial charge in [-0.15, -0.1) is 0 Å². The van der Waals surface area contributed by atoms with Crippen LogP contribution in [0.15, 0.2) is 0 Å². The van der Waals surface area contributed by atoms with Gasteiger partial charge in [0.05, 0.1) is 12.7 Å². The predicted molar refractivity (Wildman–Crippen MR) is 61.2 cm³/mol. The van der Waals surface area contributed by atoms with Gasteiger partial charge in [0.25, 0.3) is 0 Å². The molecule has 0 aromatic carbocycles. The van der Waals surface area contributed by atoms with Crippen molar-refractivity contribution >= 4 is 5.91 Å². The van der Waals surface area contributed by atoms with E-state index < -0.39 is 6.10 Å². The summed E-state index contributed by atoms with van der Waals surface area (Å²) in [5, 5.41) is 15.5. The van der Waals surface area contributed by atoms with E-state index in [-0.39, 0.29) is 11.9 Å². The lowest BCUT2D eigenvalue weighted by Crippen LogP contribution is -2.38. The molecule has 0 aromatic heterocycles. The molecular weight excluding hydrogens is 208 g/mol. The highest BCUT2D eigenvalue weighted by atomic mass is 16.5. The number of ether oxygens (including phenoxy) is 1. The van der Waals surface area contributed by atoms with Gasteiger partial charge in [-0.25, -0.2) is 0 Å². The molecular formula is C11H22N2O3. The van der Waals surface area contributed by atoms with Gasteiger partial charge in [-0.2, -0.15) is 0 Å². The molecule has 1 fully saturated rings. The van der Waals surface area contributed by atoms with Crippen LogP contribution in [0.3, 0.4) is 0 Å². The van der Waals surface area contributed by atoms with Gasteiger partial charge in [0.15, 0.2) is 0 Å². The fourth-order valence-corrected chi connectivity index (χ4v) is 1.58. The Morgan fingerprint density at radius 2 is 2.50 bits per heavy atom. The van der Waals surface area contributed by atoms with Crippen molar-refractivity contribution in [2.75, 3.05) is 26.3 Å². The number of carbonyl (C=O) groups excluding carboxylic acids is 1. The van der Waals surface area contributed by atoms with Gasteiger partial charge in [0.2, 0.25) is 5.91 Å². The molecule has 1 aliphatic rings. The number of hydrogen-bond acceptors (Lipinski definition) is 4. The Hall–Kier alpha value is -0.650. The molecule has 3 N–H and O–H groups in total. The van der Waals surface area contributed by atoms with Crippen LogP contribution in [0.1, 0.15) is 26.2 Å². The minimum Gasteiger partial charge on any atom is -0.389 e. The number of carbonyl (C=O) groups is 1. The van der Waals surface area contributed by atoms with E-state index in [1.807, 2.05) is 0 Å². The lowest BCUT2D eigenvalue weighted by Gasteiger charge is -2.15. The Morgan fingerprint density at radius 1 is 1.69 bits per heavy atom. The highest BCUT2D eigenvalue weighted by molar-refractivity contribution is 5.78. The number of nitrogens with one attached hydrogen (secondary N) is 2. The summed E-state index contributed by atoms with van der Waals surface area (Å²) in [4.78, 5) is 10.9. The van der Waals surface area contributed by atoms with Gasteiger partial charge >= 0.3 is 0 Å². The Labute approximate surface area is 96.6 Å². The molecule has 16 heavy (non-hydrogen) atoms. The minimum absolute atomic E-state index is 0.0752. The van der Waals surface area contributed by atoms with Crippen molar-refractivity contribution in [2.45, 2.75) is 38.3 Å². The van der Waals surface area contributed by atoms with Gasteiger partial charge in [-0.3, -0.25) is 4.79 Å². The summed E-state index contributed by atoms with van der Waals surface area (Å²) in [6.45, 7) is 4.30. The van der Waals surface area contributed by atoms with E-state index in [0.29, 0.717) is 32.7 Å². The molecule has 5 nitrogen and oxygen atoms in total. The molecule has 0 saturated carbocycles. The second kappa shape index (κ2) is 7.60. The summed E-state index contributed by atoms with van der Waals surface area (Å²) >= 11 is 0. The number of hydrogen-bond donors (Lipinski definition) is 3. The molecule has 2 unspecified atom stereocenters. The monoisotopic (exact) mass is 230 g/mol. The van der Waals surface area contributed by atoms with Gasteiger partial charge in [-0.1, -0.05) is 13.3 Å². The first-order valence-electron chi connectivity index (χ1n) is 5.98. The van der Waals surface area contributed by atoms with E-state index in [1.165, 1.54) is 0 Å². The summed E-state index contributed by atoms with van der Waals surface area (Å²) in [5.41, 5.74) is 0. The molecule has 2 atom stereocenters. The van der Waals surface area contributed by atoms with Gasteiger partial charge in [0, 0.05) is 32.2 Å². The minimum atomic E-state index is -0.493. The van der Waals surface area contributed by atoms with E-state index >= 15 is 0 Å². The van der Waals surface area contributed by atoms with Crippen LogP contribution in [0, 0.1) is 0 Å². The van der Waals surface area contributed by atoms with E-state index in [4.69, 9.17) is 4.74 Å². The molecule has 0 radical (unpaired) electrons. The van der Waals surface area contributed by atoms with Crippen LogP contribution < -0.4 is 10.6 Å². The van der Waals surface area contributed by atoms with Crippen LogP contribution in [0.5, 0.6) is 0 Å². The van der Waals surface area contributed by atoms with Crippen molar-refractivity contribution in [1.29, 1.82) is 0 Å². The van der Waals surface area contributed by atoms with Crippen LogP contribution in [-0.4, -0.2) is 49.5 Å². The summed E-state index contributed by atoms with van der Waals surface area (Å²) < 4.78 is 5.30. The molecule has 0 aromatic rings. The third-order valence-corrected chi connectivity index (χ3v) is 2.57. The molecule has 94 valence electrons. The van der Waals surface area contributed by atoms with Crippen molar-refractivity contribution in [3.8, 4) is 0 Å². The molecule has 1 rings (SSSR count). The summed E-state index contributed by atoms with van der Waals surface area (Å²) in [6, 6.07) is 0.151. The standard InChI is InChI=1S/C11H22N2O3/c1-2-3-4-16-8-10(14)7-12-9-5-11(15)13-6-9/h9-10,12,14H,2-8H2,1H3,(H,13,15). The second-order valence-electron chi connectivity index (χ2n) is 4.20. The number of aliphatic hydroxyl groups is 1. The highest BCUT2D eigenvalue weighted by Gasteiger charge is 2.21. The zero-order valence-electron chi connectivity index (χ0n) is 9.87. The molecule has 5 heteroatoms. The summed E-state index contributed by atoms with van der Waals surface area (Å²) in [6.07, 6.45) is 2.14. The lowest BCUT2D eigenvalue weighted by atomic mass is 10.2. The average molecular weight is 230 g/mol. The Morgan fingerprint density at radius 3 is 3.12 bits per heavy atom. The first-order valence-corrected chi connectivity index (χ1v) is 5.98. The normalized spacial score (nSPS) is 22.1. The smallest absolute Gasteiger partial charge is 0.221 e. The SMILES string of the molecule is CCCCOCC(O)CNC1CNC(=O)C1. The topological polar surface area (TPSA) is 70.6 Å². The van der Waals surface area contributed by atoms with Crippen molar-refractivity contribution < 1.29 is 14.6 Å². The van der Waals surface area contributed by atoms with E-state index in [1.54, 1.807) is 0 Å². The van der Waals surface area contributed by atoms with Crippen LogP contribution in [0.2, 0.25) is 0 Å². The summed E-state index contributed by atoms with van der Waals surface area (Å²) in [5.74, 6) is 0.0752. The Kier molecular flexibility index (Phi) is 6.37. The predicted octanol–water partition coefficient (Wildman–Crippen LogP) is -0.358. The van der Waals surface area contributed by atoms with Crippen molar-refractivity contribution in [3.63, 3.8) is 0 Å². The quantitative estimate of drug-likeness (QED) is 0.498. The van der Waals surface area contributed by atoms with Gasteiger partial charge in [-0.05, 0) is 6.42 Å². The van der Waals surface area contributed by atoms with E-state index in [0.717, 1.165) is 12.8 Å². The zero-order valence-corrected chi connectivity index (χ0v) is 9.87. The number of unbranched alkanes of at least 4 members (excludes halogenated alkanes) is 1. The molecule has 1 amide bonds. The average Bonchev–Trinajstić information content (AvgIpc) is 2.68. The summed E-state index contributed by atoms with van der Waals surface area (Å²) in [7, 11) is 0. The van der Waals surface area contributed by atoms with Crippen molar-refractivity contribution in [2.24, 2.45) is 0 Å². The molecule has 1 aliphatic heterocycles. The number of aliphatic hydroxyl groups excluding tert-OH is 1. The Bertz CT molecular complexity index is 211. The van der Waals surface area contributed by atoms with Crippen molar-refractivity contribution in [3.05, 3.63) is 0 Å². The second-order valence-corrected chi connectivity index (χ2v) is 4.20. The molecule has 1 heterocycles. The Balaban J connectivity index is 1.97. The lowest BCUT2D eigenvalue weighted by molar-refractivity contribution is -0.119. The van der Waals surface area contributed by atoms with Gasteiger partial charge < -0.3 is 20.5 Å². The van der Waals surface area contributed by atoms with Crippen LogP contribution in [-0.2, 0) is 9.53 Å². The largest absolute Gasteiger partial charge is 0.389 e. The maximum atomic E-state index is 10.9. The highest BCUT2D eigenvalue weighted by Crippen LogP contribution is 1.99. The van der Waals surface area contributed by atoms with Gasteiger partial charge in [0.1, 0.15) is 0 Å². The van der Waals surface area contributed by atoms with Crippen molar-refractivity contribution in [1.82, 2.24) is 10.6 Å². The maximum Gasteiger partial charge on any atom is 0.221 e. The first-order chi connectivity index (χ1) is 7.72. The fourth-order valence-electron chi connectivity index (χ4n) is 1.58. The van der Waals surface area contributed by atoms with Crippen LogP contribution >= 0.6 is 0 Å². The molecule has 1 saturated heterocycles. The number of rotatable bonds is 8. The molecule has 0 spiro atoms. The van der Waals surface area contributed by atoms with Crippen LogP contribution in [0.4, 0.5) is 0 Å². The fraction of sp³-hybridized carbons (Fsp3) is 0.909. The molecule has 0 aliphatic carbocycles. The first kappa shape index (κ1) is 13.4. The zero-order chi connectivity index (χ0) is 11.8. The van der Waals surface area contributed by atoms with E-state index in [9.17, 15) is 9.90 Å². The third-order valence-electron chi connectivity index (χ3n) is 2.57. The van der Waals surface area contributed by atoms with E-state index in [2.05, 4.69) is 17.6 Å². The molecule has 0 bridgehead atoms.